The average molecular weight is 459 g/mol. The third-order valence-corrected chi connectivity index (χ3v) is 6.42. The Balaban J connectivity index is 1.67. The molecule has 0 bridgehead atoms. The Morgan fingerprint density at radius 1 is 1.18 bits per heavy atom. The van der Waals surface area contributed by atoms with Crippen molar-refractivity contribution in [2.45, 2.75) is 44.7 Å². The van der Waals surface area contributed by atoms with Gasteiger partial charge in [-0.25, -0.2) is 9.79 Å². The lowest BCUT2D eigenvalue weighted by molar-refractivity contribution is -0.384. The number of amides is 1. The molecule has 1 amide bonds. The lowest BCUT2D eigenvalue weighted by Crippen LogP contribution is -2.58. The van der Waals surface area contributed by atoms with Crippen LogP contribution in [0.4, 0.5) is 21.9 Å². The Morgan fingerprint density at radius 3 is 2.52 bits per heavy atom. The van der Waals surface area contributed by atoms with E-state index in [0.29, 0.717) is 51.3 Å². The summed E-state index contributed by atoms with van der Waals surface area (Å²) in [5, 5.41) is 11.9. The molecular formula is C21H30N8O4. The van der Waals surface area contributed by atoms with Gasteiger partial charge in [0.2, 0.25) is 11.9 Å². The van der Waals surface area contributed by atoms with Gasteiger partial charge in [0.05, 0.1) is 11.5 Å². The van der Waals surface area contributed by atoms with Crippen molar-refractivity contribution in [2.24, 2.45) is 21.5 Å². The molecule has 1 aromatic rings. The minimum absolute atomic E-state index is 0.0670. The molecule has 0 radical (unpaired) electrons. The maximum Gasteiger partial charge on any atom is 0.409 e. The number of guanidine groups is 2. The van der Waals surface area contributed by atoms with Crippen molar-refractivity contribution in [2.75, 3.05) is 42.6 Å². The van der Waals surface area contributed by atoms with E-state index in [2.05, 4.69) is 14.9 Å². The number of hydrogen-bond donors (Lipinski definition) is 2. The number of ether oxygens (including phenoxy) is 1. The molecule has 12 heteroatoms. The SMILES string of the molecule is CCOC(=O)N1CCN(c2ccc([N+](=O)[O-])c(N3C(N)=NC(N)=NC34CCCCC4)c2)CC1. The fraction of sp³-hybridized carbons (Fsp3) is 0.571. The Labute approximate surface area is 192 Å². The number of anilines is 2. The van der Waals surface area contributed by atoms with E-state index < -0.39 is 10.6 Å². The summed E-state index contributed by atoms with van der Waals surface area (Å²) in [5.41, 5.74) is 12.6. The normalized spacial score (nSPS) is 20.3. The van der Waals surface area contributed by atoms with Crippen molar-refractivity contribution in [3.63, 3.8) is 0 Å². The van der Waals surface area contributed by atoms with Crippen molar-refractivity contribution >= 4 is 35.1 Å². The number of rotatable bonds is 4. The van der Waals surface area contributed by atoms with Gasteiger partial charge in [0.15, 0.2) is 0 Å². The van der Waals surface area contributed by atoms with Gasteiger partial charge in [0.1, 0.15) is 11.4 Å². The van der Waals surface area contributed by atoms with Gasteiger partial charge in [-0.3, -0.25) is 15.0 Å². The van der Waals surface area contributed by atoms with E-state index in [4.69, 9.17) is 16.2 Å². The number of benzene rings is 1. The molecule has 2 heterocycles. The van der Waals surface area contributed by atoms with Crippen molar-refractivity contribution in [3.05, 3.63) is 28.3 Å². The first-order valence-corrected chi connectivity index (χ1v) is 11.3. The lowest BCUT2D eigenvalue weighted by atomic mass is 9.87. The molecule has 3 aliphatic rings. The molecule has 178 valence electrons. The monoisotopic (exact) mass is 458 g/mol. The predicted molar refractivity (Wildman–Crippen MR) is 125 cm³/mol. The second-order valence-electron chi connectivity index (χ2n) is 8.42. The summed E-state index contributed by atoms with van der Waals surface area (Å²) < 4.78 is 5.08. The highest BCUT2D eigenvalue weighted by molar-refractivity contribution is 6.07. The zero-order valence-electron chi connectivity index (χ0n) is 18.8. The number of aliphatic imine (C=N–C) groups is 2. The number of hydrogen-bond acceptors (Lipinski definition) is 10. The van der Waals surface area contributed by atoms with Crippen molar-refractivity contribution in [1.29, 1.82) is 0 Å². The van der Waals surface area contributed by atoms with Gasteiger partial charge in [0.25, 0.3) is 5.69 Å². The van der Waals surface area contributed by atoms with E-state index in [1.54, 1.807) is 28.9 Å². The van der Waals surface area contributed by atoms with Crippen LogP contribution in [0.2, 0.25) is 0 Å². The third kappa shape index (κ3) is 4.37. The third-order valence-electron chi connectivity index (χ3n) is 6.42. The molecule has 1 saturated carbocycles. The summed E-state index contributed by atoms with van der Waals surface area (Å²) in [4.78, 5) is 37.7. The van der Waals surface area contributed by atoms with Crippen LogP contribution in [0.5, 0.6) is 0 Å². The van der Waals surface area contributed by atoms with Crippen molar-refractivity contribution in [3.8, 4) is 0 Å². The first-order valence-electron chi connectivity index (χ1n) is 11.3. The fourth-order valence-corrected chi connectivity index (χ4v) is 4.87. The number of nitro groups is 1. The second kappa shape index (κ2) is 9.12. The summed E-state index contributed by atoms with van der Waals surface area (Å²) in [6.07, 6.45) is 3.95. The van der Waals surface area contributed by atoms with Crippen LogP contribution in [-0.2, 0) is 4.74 Å². The molecule has 1 aliphatic carbocycles. The van der Waals surface area contributed by atoms with E-state index in [-0.39, 0.29) is 23.7 Å². The summed E-state index contributed by atoms with van der Waals surface area (Å²) in [5.74, 6) is 0.205. The molecule has 1 aromatic carbocycles. The molecule has 1 spiro atoms. The first kappa shape index (κ1) is 22.6. The number of carbonyl (C=O) groups is 1. The van der Waals surface area contributed by atoms with Gasteiger partial charge in [-0.05, 0) is 44.7 Å². The lowest BCUT2D eigenvalue weighted by Gasteiger charge is -2.45. The van der Waals surface area contributed by atoms with Crippen LogP contribution in [0, 0.1) is 10.1 Å². The highest BCUT2D eigenvalue weighted by Gasteiger charge is 2.45. The molecule has 0 aromatic heterocycles. The second-order valence-corrected chi connectivity index (χ2v) is 8.42. The smallest absolute Gasteiger partial charge is 0.409 e. The van der Waals surface area contributed by atoms with Crippen LogP contribution in [0.1, 0.15) is 39.0 Å². The zero-order chi connectivity index (χ0) is 23.6. The topological polar surface area (TPSA) is 156 Å². The molecule has 2 aliphatic heterocycles. The number of nitrogens with zero attached hydrogens (tertiary/aromatic N) is 6. The highest BCUT2D eigenvalue weighted by atomic mass is 16.6. The molecule has 0 unspecified atom stereocenters. The van der Waals surface area contributed by atoms with Gasteiger partial charge < -0.3 is 26.0 Å². The van der Waals surface area contributed by atoms with Crippen LogP contribution in [0.3, 0.4) is 0 Å². The van der Waals surface area contributed by atoms with Gasteiger partial charge in [-0.2, -0.15) is 4.99 Å². The van der Waals surface area contributed by atoms with Gasteiger partial charge in [-0.1, -0.05) is 6.42 Å². The summed E-state index contributed by atoms with van der Waals surface area (Å²) in [7, 11) is 0. The minimum Gasteiger partial charge on any atom is -0.450 e. The predicted octanol–water partition coefficient (Wildman–Crippen LogP) is 1.98. The number of carbonyl (C=O) groups excluding carboxylic acids is 1. The standard InChI is InChI=1S/C21H30N8O4/c1-2-33-20(30)27-12-10-26(11-13-27)15-6-7-16(29(31)32)17(14-15)28-19(23)24-18(22)25-21(28)8-4-3-5-9-21/h6-7,14H,2-5,8-13H2,1H3,(H4,22,23,24,25). The van der Waals surface area contributed by atoms with Crippen LogP contribution < -0.4 is 21.3 Å². The van der Waals surface area contributed by atoms with Crippen LogP contribution in [0.15, 0.2) is 28.2 Å². The Morgan fingerprint density at radius 2 is 1.88 bits per heavy atom. The van der Waals surface area contributed by atoms with Gasteiger partial charge in [-0.15, -0.1) is 0 Å². The van der Waals surface area contributed by atoms with E-state index in [1.165, 1.54) is 6.07 Å². The number of nitrogens with two attached hydrogens (primary N) is 2. The number of piperazine rings is 1. The zero-order valence-corrected chi connectivity index (χ0v) is 18.8. The van der Waals surface area contributed by atoms with Crippen LogP contribution >= 0.6 is 0 Å². The molecule has 4 N–H and O–H groups in total. The quantitative estimate of drug-likeness (QED) is 0.512. The Kier molecular flexibility index (Phi) is 6.25. The van der Waals surface area contributed by atoms with E-state index in [1.807, 2.05) is 0 Å². The number of nitro benzene ring substituents is 1. The molecule has 1 saturated heterocycles. The molecule has 2 fully saturated rings. The first-order chi connectivity index (χ1) is 15.8. The van der Waals surface area contributed by atoms with E-state index in [0.717, 1.165) is 24.9 Å². The molecule has 4 rings (SSSR count). The Bertz CT molecular complexity index is 980. The Hall–Kier alpha value is -3.57. The highest BCUT2D eigenvalue weighted by Crippen LogP contribution is 2.43. The van der Waals surface area contributed by atoms with Gasteiger partial charge in [0, 0.05) is 37.9 Å². The molecule has 33 heavy (non-hydrogen) atoms. The van der Waals surface area contributed by atoms with E-state index >= 15 is 0 Å². The fourth-order valence-electron chi connectivity index (χ4n) is 4.87. The summed E-state index contributed by atoms with van der Waals surface area (Å²) >= 11 is 0. The average Bonchev–Trinajstić information content (AvgIpc) is 2.79. The molecular weight excluding hydrogens is 428 g/mol. The van der Waals surface area contributed by atoms with E-state index in [9.17, 15) is 14.9 Å². The molecule has 12 nitrogen and oxygen atoms in total. The van der Waals surface area contributed by atoms with Gasteiger partial charge >= 0.3 is 6.09 Å². The van der Waals surface area contributed by atoms with Crippen LogP contribution in [-0.4, -0.2) is 66.3 Å². The maximum atomic E-state index is 12.0. The van der Waals surface area contributed by atoms with Crippen molar-refractivity contribution < 1.29 is 14.5 Å². The summed E-state index contributed by atoms with van der Waals surface area (Å²) in [6, 6.07) is 4.99. The van der Waals surface area contributed by atoms with Crippen molar-refractivity contribution in [1.82, 2.24) is 4.90 Å². The molecule has 0 atom stereocenters. The van der Waals surface area contributed by atoms with Crippen LogP contribution in [0.25, 0.3) is 0 Å². The largest absolute Gasteiger partial charge is 0.450 e. The summed E-state index contributed by atoms with van der Waals surface area (Å²) in [6.45, 7) is 4.27. The maximum absolute atomic E-state index is 12.0. The minimum atomic E-state index is -0.778.